The van der Waals surface area contributed by atoms with E-state index in [1.165, 1.54) is 52.2 Å². The number of nitrogens with zero attached hydrogens (tertiary/aromatic N) is 2. The zero-order valence-electron chi connectivity index (χ0n) is 14.7. The first-order chi connectivity index (χ1) is 13.3. The average molecular weight is 394 g/mol. The Morgan fingerprint density at radius 3 is 2.93 bits per heavy atom. The van der Waals surface area contributed by atoms with Crippen molar-refractivity contribution in [2.45, 2.75) is 31.8 Å². The maximum absolute atomic E-state index is 12.2. The topological polar surface area (TPSA) is 46.4 Å². The standard InChI is InChI=1S/C21H19N3OS2/c25-19-12-17(23-21-24(19)8-10-27-21)13-22-20(18-5-2-9-26-18)16-7-6-14-3-1-4-15(14)11-16/h2,5-12,20,22H,1,3-4,13H2/t20-/m0/s1. The van der Waals surface area contributed by atoms with Crippen LogP contribution in [0.3, 0.4) is 0 Å². The lowest BCUT2D eigenvalue weighted by Gasteiger charge is -2.19. The van der Waals surface area contributed by atoms with Crippen molar-refractivity contribution < 1.29 is 0 Å². The van der Waals surface area contributed by atoms with Gasteiger partial charge in [-0.2, -0.15) is 0 Å². The van der Waals surface area contributed by atoms with E-state index >= 15 is 0 Å². The van der Waals surface area contributed by atoms with Crippen molar-refractivity contribution in [1.82, 2.24) is 14.7 Å². The van der Waals surface area contributed by atoms with Crippen LogP contribution in [0.15, 0.2) is 58.1 Å². The molecule has 3 heterocycles. The van der Waals surface area contributed by atoms with Gasteiger partial charge in [-0.05, 0) is 47.4 Å². The maximum Gasteiger partial charge on any atom is 0.258 e. The van der Waals surface area contributed by atoms with Gasteiger partial charge in [0.2, 0.25) is 0 Å². The average Bonchev–Trinajstić information content (AvgIpc) is 3.43. The lowest BCUT2D eigenvalue weighted by Crippen LogP contribution is -2.23. The predicted octanol–water partition coefficient (Wildman–Crippen LogP) is 4.19. The van der Waals surface area contributed by atoms with Gasteiger partial charge in [0.15, 0.2) is 4.96 Å². The monoisotopic (exact) mass is 393 g/mol. The van der Waals surface area contributed by atoms with E-state index in [9.17, 15) is 4.79 Å². The Balaban J connectivity index is 1.45. The first-order valence-corrected chi connectivity index (χ1v) is 10.9. The van der Waals surface area contributed by atoms with E-state index in [1.54, 1.807) is 28.0 Å². The Morgan fingerprint density at radius 1 is 1.11 bits per heavy atom. The molecular weight excluding hydrogens is 374 g/mol. The summed E-state index contributed by atoms with van der Waals surface area (Å²) in [6.45, 7) is 0.559. The van der Waals surface area contributed by atoms with Crippen molar-refractivity contribution in [2.75, 3.05) is 0 Å². The lowest BCUT2D eigenvalue weighted by atomic mass is 10.00. The number of aromatic nitrogens is 2. The minimum Gasteiger partial charge on any atom is -0.300 e. The molecular formula is C21H19N3OS2. The highest BCUT2D eigenvalue weighted by Crippen LogP contribution is 2.30. The number of aryl methyl sites for hydroxylation is 2. The van der Waals surface area contributed by atoms with E-state index in [2.05, 4.69) is 46.0 Å². The number of benzene rings is 1. The summed E-state index contributed by atoms with van der Waals surface area (Å²) < 4.78 is 1.59. The molecule has 27 heavy (non-hydrogen) atoms. The second kappa shape index (κ2) is 7.03. The zero-order chi connectivity index (χ0) is 18.2. The third-order valence-electron chi connectivity index (χ3n) is 5.13. The van der Waals surface area contributed by atoms with E-state index in [1.807, 2.05) is 5.38 Å². The minimum absolute atomic E-state index is 0.0248. The van der Waals surface area contributed by atoms with E-state index in [-0.39, 0.29) is 11.6 Å². The number of thiazole rings is 1. The number of thiophene rings is 1. The van der Waals surface area contributed by atoms with E-state index < -0.39 is 0 Å². The van der Waals surface area contributed by atoms with Crippen molar-refractivity contribution in [2.24, 2.45) is 0 Å². The van der Waals surface area contributed by atoms with Gasteiger partial charge in [-0.1, -0.05) is 24.3 Å². The molecule has 5 rings (SSSR count). The fraction of sp³-hybridized carbons (Fsp3) is 0.238. The van der Waals surface area contributed by atoms with Crippen molar-refractivity contribution in [3.05, 3.63) is 91.0 Å². The minimum atomic E-state index is -0.0248. The first kappa shape index (κ1) is 16.9. The smallest absolute Gasteiger partial charge is 0.258 e. The summed E-state index contributed by atoms with van der Waals surface area (Å²) in [5.41, 5.74) is 5.01. The number of hydrogen-bond acceptors (Lipinski definition) is 5. The fourth-order valence-corrected chi connectivity index (χ4v) is 5.36. The van der Waals surface area contributed by atoms with Gasteiger partial charge in [-0.25, -0.2) is 4.98 Å². The van der Waals surface area contributed by atoms with E-state index in [4.69, 9.17) is 0 Å². The predicted molar refractivity (Wildman–Crippen MR) is 111 cm³/mol. The van der Waals surface area contributed by atoms with Crippen molar-refractivity contribution in [3.8, 4) is 0 Å². The molecule has 0 unspecified atom stereocenters. The van der Waals surface area contributed by atoms with Gasteiger partial charge >= 0.3 is 0 Å². The summed E-state index contributed by atoms with van der Waals surface area (Å²) >= 11 is 3.24. The molecule has 0 bridgehead atoms. The second-order valence-corrected chi connectivity index (χ2v) is 8.70. The number of rotatable bonds is 5. The third-order valence-corrected chi connectivity index (χ3v) is 6.82. The van der Waals surface area contributed by atoms with Gasteiger partial charge in [0, 0.05) is 29.1 Å². The molecule has 1 aliphatic carbocycles. The zero-order valence-corrected chi connectivity index (χ0v) is 16.4. The van der Waals surface area contributed by atoms with Crippen molar-refractivity contribution in [3.63, 3.8) is 0 Å². The molecule has 1 N–H and O–H groups in total. The summed E-state index contributed by atoms with van der Waals surface area (Å²) in [6.07, 6.45) is 5.39. The highest BCUT2D eigenvalue weighted by molar-refractivity contribution is 7.15. The van der Waals surface area contributed by atoms with Crippen molar-refractivity contribution in [1.29, 1.82) is 0 Å². The van der Waals surface area contributed by atoms with Crippen molar-refractivity contribution >= 4 is 27.6 Å². The number of nitrogens with one attached hydrogen (secondary N) is 1. The Labute approximate surface area is 165 Å². The maximum atomic E-state index is 12.2. The molecule has 136 valence electrons. The van der Waals surface area contributed by atoms with Crippen LogP contribution >= 0.6 is 22.7 Å². The molecule has 0 saturated heterocycles. The Bertz CT molecular complexity index is 1140. The number of hydrogen-bond donors (Lipinski definition) is 1. The van der Waals surface area contributed by atoms with Gasteiger partial charge in [0.05, 0.1) is 11.7 Å². The molecule has 0 radical (unpaired) electrons. The molecule has 0 spiro atoms. The summed E-state index contributed by atoms with van der Waals surface area (Å²) in [4.78, 5) is 18.9. The summed E-state index contributed by atoms with van der Waals surface area (Å²) in [6, 6.07) is 12.9. The lowest BCUT2D eigenvalue weighted by molar-refractivity contribution is 0.604. The van der Waals surface area contributed by atoms with Crippen LogP contribution in [-0.2, 0) is 19.4 Å². The van der Waals surface area contributed by atoms with Gasteiger partial charge in [0.1, 0.15) is 0 Å². The Hall–Kier alpha value is -2.28. The SMILES string of the molecule is O=c1cc(CN[C@@H](c2ccc3c(c2)CCC3)c2cccs2)nc2sccn12. The second-order valence-electron chi connectivity index (χ2n) is 6.85. The fourth-order valence-electron chi connectivity index (χ4n) is 3.79. The number of fused-ring (bicyclic) bond motifs is 2. The highest BCUT2D eigenvalue weighted by Gasteiger charge is 2.19. The summed E-state index contributed by atoms with van der Waals surface area (Å²) in [5.74, 6) is 0. The molecule has 1 aliphatic rings. The van der Waals surface area contributed by atoms with Crippen LogP contribution in [0.25, 0.3) is 4.96 Å². The largest absolute Gasteiger partial charge is 0.300 e. The van der Waals surface area contributed by atoms with Gasteiger partial charge in [-0.15, -0.1) is 22.7 Å². The molecule has 3 aromatic heterocycles. The van der Waals surface area contributed by atoms with E-state index in [0.29, 0.717) is 6.54 Å². The van der Waals surface area contributed by atoms with Gasteiger partial charge in [-0.3, -0.25) is 14.5 Å². The van der Waals surface area contributed by atoms with Gasteiger partial charge < -0.3 is 0 Å². The quantitative estimate of drug-likeness (QED) is 0.553. The summed E-state index contributed by atoms with van der Waals surface area (Å²) in [5, 5.41) is 7.63. The molecule has 1 atom stereocenters. The Kier molecular flexibility index (Phi) is 4.39. The molecule has 4 aromatic rings. The molecule has 0 saturated carbocycles. The summed E-state index contributed by atoms with van der Waals surface area (Å²) in [7, 11) is 0. The Morgan fingerprint density at radius 2 is 2.04 bits per heavy atom. The van der Waals surface area contributed by atoms with Crippen LogP contribution in [-0.4, -0.2) is 9.38 Å². The molecule has 6 heteroatoms. The van der Waals surface area contributed by atoms with E-state index in [0.717, 1.165) is 10.7 Å². The highest BCUT2D eigenvalue weighted by atomic mass is 32.1. The molecule has 1 aromatic carbocycles. The van der Waals surface area contributed by atoms with Crippen LogP contribution in [0.5, 0.6) is 0 Å². The van der Waals surface area contributed by atoms with Crippen LogP contribution in [0, 0.1) is 0 Å². The molecule has 0 fully saturated rings. The first-order valence-electron chi connectivity index (χ1n) is 9.12. The third kappa shape index (κ3) is 3.25. The van der Waals surface area contributed by atoms with Gasteiger partial charge in [0.25, 0.3) is 5.56 Å². The van der Waals surface area contributed by atoms with Crippen LogP contribution < -0.4 is 10.9 Å². The molecule has 4 nitrogen and oxygen atoms in total. The van der Waals surface area contributed by atoms with Crippen LogP contribution in [0.1, 0.15) is 39.7 Å². The van der Waals surface area contributed by atoms with Crippen LogP contribution in [0.2, 0.25) is 0 Å². The van der Waals surface area contributed by atoms with Crippen LogP contribution in [0.4, 0.5) is 0 Å². The molecule has 0 amide bonds. The molecule has 0 aliphatic heterocycles. The normalized spacial score (nSPS) is 14.5.